The summed E-state index contributed by atoms with van der Waals surface area (Å²) in [5, 5.41) is 0.910. The van der Waals surface area contributed by atoms with Crippen LogP contribution in [0.3, 0.4) is 0 Å². The van der Waals surface area contributed by atoms with Crippen LogP contribution in [0.25, 0.3) is 0 Å². The van der Waals surface area contributed by atoms with Gasteiger partial charge >= 0.3 is 0 Å². The zero-order valence-electron chi connectivity index (χ0n) is 10.0. The first kappa shape index (κ1) is 13.7. The number of benzene rings is 1. The summed E-state index contributed by atoms with van der Waals surface area (Å²) in [7, 11) is 0. The first-order chi connectivity index (χ1) is 7.71. The first-order valence-corrected chi connectivity index (χ1v) is 7.14. The van der Waals surface area contributed by atoms with E-state index in [1.165, 1.54) is 18.9 Å². The van der Waals surface area contributed by atoms with Gasteiger partial charge < -0.3 is 0 Å². The Labute approximate surface area is 106 Å². The summed E-state index contributed by atoms with van der Waals surface area (Å²) in [6.07, 6.45) is 3.55. The molecule has 0 fully saturated rings. The van der Waals surface area contributed by atoms with Gasteiger partial charge in [-0.2, -0.15) is 0 Å². The second kappa shape index (κ2) is 7.05. The van der Waals surface area contributed by atoms with Gasteiger partial charge in [0.25, 0.3) is 0 Å². The third-order valence-corrected chi connectivity index (χ3v) is 4.06. The monoisotopic (exact) mass is 286 g/mol. The average Bonchev–Trinajstić information content (AvgIpc) is 2.31. The maximum absolute atomic E-state index is 13.1. The molecular weight excluding hydrogens is 267 g/mol. The second-order valence-corrected chi connectivity index (χ2v) is 4.97. The van der Waals surface area contributed by atoms with E-state index in [2.05, 4.69) is 29.8 Å². The Morgan fingerprint density at radius 1 is 1.25 bits per heavy atom. The molecule has 0 bridgehead atoms. The van der Waals surface area contributed by atoms with Crippen molar-refractivity contribution in [1.82, 2.24) is 0 Å². The Hall–Kier alpha value is -0.370. The molecular formula is C14H20BrF. The fourth-order valence-electron chi connectivity index (χ4n) is 2.07. The quantitative estimate of drug-likeness (QED) is 0.636. The topological polar surface area (TPSA) is 0 Å². The van der Waals surface area contributed by atoms with Crippen molar-refractivity contribution in [2.45, 2.75) is 39.0 Å². The highest BCUT2D eigenvalue weighted by molar-refractivity contribution is 9.09. The summed E-state index contributed by atoms with van der Waals surface area (Å²) in [5.41, 5.74) is 1.11. The lowest BCUT2D eigenvalue weighted by Gasteiger charge is -2.20. The van der Waals surface area contributed by atoms with Crippen molar-refractivity contribution in [3.05, 3.63) is 35.6 Å². The standard InChI is InChI=1S/C14H20BrF/c1-3-11(4-2)8-13(10-15)12-6-5-7-14(16)9-12/h5-7,9,11,13H,3-4,8,10H2,1-2H3. The fraction of sp³-hybridized carbons (Fsp3) is 0.571. The molecule has 1 aromatic carbocycles. The summed E-state index contributed by atoms with van der Waals surface area (Å²) in [5.74, 6) is 1.04. The summed E-state index contributed by atoms with van der Waals surface area (Å²) >= 11 is 3.54. The van der Waals surface area contributed by atoms with Gasteiger partial charge in [0.15, 0.2) is 0 Å². The average molecular weight is 287 g/mol. The molecule has 0 aliphatic rings. The van der Waals surface area contributed by atoms with Crippen molar-refractivity contribution in [3.63, 3.8) is 0 Å². The Kier molecular flexibility index (Phi) is 6.04. The van der Waals surface area contributed by atoms with E-state index in [-0.39, 0.29) is 5.82 Å². The van der Waals surface area contributed by atoms with Gasteiger partial charge in [0.05, 0.1) is 0 Å². The highest BCUT2D eigenvalue weighted by Crippen LogP contribution is 2.29. The largest absolute Gasteiger partial charge is 0.207 e. The smallest absolute Gasteiger partial charge is 0.123 e. The van der Waals surface area contributed by atoms with Crippen molar-refractivity contribution in [2.75, 3.05) is 5.33 Å². The number of alkyl halides is 1. The van der Waals surface area contributed by atoms with Crippen LogP contribution in [0.15, 0.2) is 24.3 Å². The Balaban J connectivity index is 2.74. The van der Waals surface area contributed by atoms with Crippen molar-refractivity contribution in [1.29, 1.82) is 0 Å². The molecule has 0 N–H and O–H groups in total. The van der Waals surface area contributed by atoms with E-state index in [1.807, 2.05) is 6.07 Å². The Morgan fingerprint density at radius 3 is 2.44 bits per heavy atom. The van der Waals surface area contributed by atoms with Gasteiger partial charge in [0, 0.05) is 5.33 Å². The van der Waals surface area contributed by atoms with Gasteiger partial charge in [-0.05, 0) is 36.0 Å². The van der Waals surface area contributed by atoms with E-state index in [4.69, 9.17) is 0 Å². The molecule has 0 saturated carbocycles. The summed E-state index contributed by atoms with van der Waals surface area (Å²) in [4.78, 5) is 0. The molecule has 1 atom stereocenters. The van der Waals surface area contributed by atoms with Gasteiger partial charge in [-0.25, -0.2) is 4.39 Å². The van der Waals surface area contributed by atoms with Crippen LogP contribution >= 0.6 is 15.9 Å². The van der Waals surface area contributed by atoms with Crippen LogP contribution in [0.4, 0.5) is 4.39 Å². The third kappa shape index (κ3) is 3.89. The number of halogens is 2. The normalized spacial score (nSPS) is 13.1. The van der Waals surface area contributed by atoms with Crippen LogP contribution < -0.4 is 0 Å². The molecule has 0 heterocycles. The fourth-order valence-corrected chi connectivity index (χ4v) is 2.71. The molecule has 0 nitrogen and oxygen atoms in total. The van der Waals surface area contributed by atoms with Crippen LogP contribution in [0.1, 0.15) is 44.6 Å². The first-order valence-electron chi connectivity index (χ1n) is 6.02. The van der Waals surface area contributed by atoms with E-state index in [9.17, 15) is 4.39 Å². The SMILES string of the molecule is CCC(CC)CC(CBr)c1cccc(F)c1. The van der Waals surface area contributed by atoms with Crippen LogP contribution in [-0.4, -0.2) is 5.33 Å². The lowest BCUT2D eigenvalue weighted by atomic mass is 9.87. The van der Waals surface area contributed by atoms with Crippen molar-refractivity contribution in [2.24, 2.45) is 5.92 Å². The van der Waals surface area contributed by atoms with Crippen LogP contribution in [-0.2, 0) is 0 Å². The molecule has 2 heteroatoms. The summed E-state index contributed by atoms with van der Waals surface area (Å²) < 4.78 is 13.1. The van der Waals surface area contributed by atoms with Crippen molar-refractivity contribution < 1.29 is 4.39 Å². The van der Waals surface area contributed by atoms with Gasteiger partial charge in [0.1, 0.15) is 5.82 Å². The molecule has 0 aliphatic heterocycles. The zero-order valence-corrected chi connectivity index (χ0v) is 11.6. The Morgan fingerprint density at radius 2 is 1.94 bits per heavy atom. The third-order valence-electron chi connectivity index (χ3n) is 3.28. The van der Waals surface area contributed by atoms with Crippen LogP contribution in [0.2, 0.25) is 0 Å². The van der Waals surface area contributed by atoms with Gasteiger partial charge in [-0.1, -0.05) is 54.8 Å². The molecule has 0 saturated heterocycles. The number of rotatable bonds is 6. The molecule has 16 heavy (non-hydrogen) atoms. The highest BCUT2D eigenvalue weighted by atomic mass is 79.9. The van der Waals surface area contributed by atoms with E-state index >= 15 is 0 Å². The predicted octanol–water partition coefficient (Wildman–Crippen LogP) is 5.13. The molecule has 0 spiro atoms. The van der Waals surface area contributed by atoms with Crippen molar-refractivity contribution in [3.8, 4) is 0 Å². The molecule has 0 radical (unpaired) electrons. The molecule has 1 aromatic rings. The van der Waals surface area contributed by atoms with Gasteiger partial charge in [-0.15, -0.1) is 0 Å². The van der Waals surface area contributed by atoms with Crippen molar-refractivity contribution >= 4 is 15.9 Å². The van der Waals surface area contributed by atoms with Crippen LogP contribution in [0, 0.1) is 11.7 Å². The second-order valence-electron chi connectivity index (χ2n) is 4.32. The maximum atomic E-state index is 13.1. The summed E-state index contributed by atoms with van der Waals surface area (Å²) in [6.45, 7) is 4.45. The van der Waals surface area contributed by atoms with E-state index in [0.717, 1.165) is 23.2 Å². The predicted molar refractivity (Wildman–Crippen MR) is 71.6 cm³/mol. The van der Waals surface area contributed by atoms with Gasteiger partial charge in [-0.3, -0.25) is 0 Å². The lowest BCUT2D eigenvalue weighted by Crippen LogP contribution is -2.08. The number of hydrogen-bond acceptors (Lipinski definition) is 0. The Bertz CT molecular complexity index is 307. The lowest BCUT2D eigenvalue weighted by molar-refractivity contribution is 0.424. The molecule has 0 aromatic heterocycles. The van der Waals surface area contributed by atoms with Crippen LogP contribution in [0.5, 0.6) is 0 Å². The highest BCUT2D eigenvalue weighted by Gasteiger charge is 2.15. The summed E-state index contributed by atoms with van der Waals surface area (Å²) in [6, 6.07) is 6.99. The van der Waals surface area contributed by atoms with E-state index in [1.54, 1.807) is 12.1 Å². The molecule has 0 aliphatic carbocycles. The van der Waals surface area contributed by atoms with E-state index in [0.29, 0.717) is 5.92 Å². The molecule has 90 valence electrons. The molecule has 1 rings (SSSR count). The zero-order chi connectivity index (χ0) is 12.0. The minimum absolute atomic E-state index is 0.131. The minimum Gasteiger partial charge on any atom is -0.207 e. The van der Waals surface area contributed by atoms with Gasteiger partial charge in [0.2, 0.25) is 0 Å². The number of hydrogen-bond donors (Lipinski definition) is 0. The maximum Gasteiger partial charge on any atom is 0.123 e. The minimum atomic E-state index is -0.131. The van der Waals surface area contributed by atoms with E-state index < -0.39 is 0 Å². The molecule has 0 amide bonds. The molecule has 1 unspecified atom stereocenters.